The number of hydrogen-bond acceptors (Lipinski definition) is 3. The van der Waals surface area contributed by atoms with E-state index in [9.17, 15) is 23.2 Å². The molecular weight excluding hydrogens is 320 g/mol. The third kappa shape index (κ3) is 2.83. The van der Waals surface area contributed by atoms with Crippen molar-refractivity contribution < 1.29 is 23.2 Å². The maximum Gasteiger partial charge on any atom is 0.244 e. The lowest BCUT2D eigenvalue weighted by atomic mass is 10.1. The number of fused-ring (bicyclic) bond motifs is 1. The number of nitrogens with zero attached hydrogens (tertiary/aromatic N) is 2. The zero-order valence-corrected chi connectivity index (χ0v) is 13.1. The van der Waals surface area contributed by atoms with Gasteiger partial charge in [-0.1, -0.05) is 6.92 Å². The van der Waals surface area contributed by atoms with Crippen LogP contribution in [0.4, 0.5) is 20.2 Å². The monoisotopic (exact) mass is 337 g/mol. The number of amides is 3. The molecule has 24 heavy (non-hydrogen) atoms. The third-order valence-corrected chi connectivity index (χ3v) is 4.36. The number of anilines is 2. The van der Waals surface area contributed by atoms with Crippen molar-refractivity contribution in [2.75, 3.05) is 29.9 Å². The summed E-state index contributed by atoms with van der Waals surface area (Å²) in [6.07, 6.45) is 0.849. The molecule has 2 aliphatic heterocycles. The van der Waals surface area contributed by atoms with Crippen LogP contribution in [0.5, 0.6) is 0 Å². The van der Waals surface area contributed by atoms with E-state index in [0.29, 0.717) is 19.4 Å². The SMILES string of the molecule is CCC(=O)N1CCC(C(=O)N2CC(=O)Nc3cc(F)c(F)cc32)C1. The first-order valence-corrected chi connectivity index (χ1v) is 7.78. The standard InChI is InChI=1S/C16H17F2N3O3/c1-2-15(23)20-4-3-9(7-20)16(24)21-8-14(22)19-12-5-10(17)11(18)6-13(12)21/h5-6,9H,2-4,7-8H2,1H3,(H,19,22). The summed E-state index contributed by atoms with van der Waals surface area (Å²) in [5.74, 6) is -3.49. The van der Waals surface area contributed by atoms with Gasteiger partial charge in [-0.25, -0.2) is 8.78 Å². The number of hydrogen-bond donors (Lipinski definition) is 1. The van der Waals surface area contributed by atoms with E-state index in [0.717, 1.165) is 12.1 Å². The fourth-order valence-electron chi connectivity index (χ4n) is 3.11. The quantitative estimate of drug-likeness (QED) is 0.889. The fourth-order valence-corrected chi connectivity index (χ4v) is 3.11. The van der Waals surface area contributed by atoms with Crippen LogP contribution in [-0.4, -0.2) is 42.3 Å². The minimum Gasteiger partial charge on any atom is -0.342 e. The smallest absolute Gasteiger partial charge is 0.244 e. The van der Waals surface area contributed by atoms with Crippen LogP contribution in [0.25, 0.3) is 0 Å². The number of rotatable bonds is 2. The van der Waals surface area contributed by atoms with Gasteiger partial charge in [0.05, 0.1) is 17.3 Å². The topological polar surface area (TPSA) is 69.7 Å². The van der Waals surface area contributed by atoms with Gasteiger partial charge in [0, 0.05) is 31.6 Å². The predicted molar refractivity (Wildman–Crippen MR) is 82.3 cm³/mol. The Morgan fingerprint density at radius 1 is 1.29 bits per heavy atom. The molecule has 128 valence electrons. The Morgan fingerprint density at radius 2 is 2.00 bits per heavy atom. The van der Waals surface area contributed by atoms with Gasteiger partial charge < -0.3 is 15.1 Å². The van der Waals surface area contributed by atoms with Crippen LogP contribution in [0.3, 0.4) is 0 Å². The number of halogens is 2. The van der Waals surface area contributed by atoms with E-state index in [4.69, 9.17) is 0 Å². The average Bonchev–Trinajstić information content (AvgIpc) is 3.04. The molecule has 1 saturated heterocycles. The van der Waals surface area contributed by atoms with Gasteiger partial charge in [-0.15, -0.1) is 0 Å². The molecule has 6 nitrogen and oxygen atoms in total. The number of nitrogens with one attached hydrogen (secondary N) is 1. The number of benzene rings is 1. The Hall–Kier alpha value is -2.51. The van der Waals surface area contributed by atoms with Crippen LogP contribution < -0.4 is 10.2 Å². The lowest BCUT2D eigenvalue weighted by molar-refractivity contribution is -0.130. The summed E-state index contributed by atoms with van der Waals surface area (Å²) in [4.78, 5) is 39.1. The Labute approximate surface area is 137 Å². The molecule has 3 rings (SSSR count). The highest BCUT2D eigenvalue weighted by molar-refractivity contribution is 6.10. The molecule has 3 amide bonds. The number of likely N-dealkylation sites (tertiary alicyclic amines) is 1. The first kappa shape index (κ1) is 16.4. The van der Waals surface area contributed by atoms with E-state index in [1.165, 1.54) is 4.90 Å². The van der Waals surface area contributed by atoms with Gasteiger partial charge in [0.15, 0.2) is 11.6 Å². The van der Waals surface area contributed by atoms with Gasteiger partial charge in [0.2, 0.25) is 17.7 Å². The molecule has 0 bridgehead atoms. The van der Waals surface area contributed by atoms with Crippen LogP contribution in [0.15, 0.2) is 12.1 Å². The Bertz CT molecular complexity index is 723. The summed E-state index contributed by atoms with van der Waals surface area (Å²) >= 11 is 0. The van der Waals surface area contributed by atoms with Crippen molar-refractivity contribution in [1.29, 1.82) is 0 Å². The molecule has 0 aromatic heterocycles. The third-order valence-electron chi connectivity index (χ3n) is 4.36. The van der Waals surface area contributed by atoms with Gasteiger partial charge in [0.1, 0.15) is 6.54 Å². The van der Waals surface area contributed by atoms with Crippen molar-refractivity contribution in [1.82, 2.24) is 4.90 Å². The molecule has 0 aliphatic carbocycles. The van der Waals surface area contributed by atoms with Gasteiger partial charge in [-0.2, -0.15) is 0 Å². The van der Waals surface area contributed by atoms with Gasteiger partial charge >= 0.3 is 0 Å². The van der Waals surface area contributed by atoms with E-state index in [1.54, 1.807) is 11.8 Å². The molecule has 1 atom stereocenters. The first-order chi connectivity index (χ1) is 11.4. The summed E-state index contributed by atoms with van der Waals surface area (Å²) in [6, 6.07) is 1.77. The van der Waals surface area contributed by atoms with Gasteiger partial charge in [0.25, 0.3) is 0 Å². The summed E-state index contributed by atoms with van der Waals surface area (Å²) in [7, 11) is 0. The number of carbonyl (C=O) groups excluding carboxylic acids is 3. The van der Waals surface area contributed by atoms with Gasteiger partial charge in [-0.3, -0.25) is 14.4 Å². The summed E-state index contributed by atoms with van der Waals surface area (Å²) in [5.41, 5.74) is 0.205. The largest absolute Gasteiger partial charge is 0.342 e. The van der Waals surface area contributed by atoms with E-state index >= 15 is 0 Å². The highest BCUT2D eigenvalue weighted by atomic mass is 19.2. The second-order valence-electron chi connectivity index (χ2n) is 5.93. The zero-order valence-electron chi connectivity index (χ0n) is 13.1. The molecule has 1 aromatic rings. The van der Waals surface area contributed by atoms with Crippen LogP contribution in [0, 0.1) is 17.6 Å². The lowest BCUT2D eigenvalue weighted by Crippen LogP contribution is -2.45. The molecule has 0 saturated carbocycles. The highest BCUT2D eigenvalue weighted by Crippen LogP contribution is 2.33. The van der Waals surface area contributed by atoms with Crippen molar-refractivity contribution in [3.05, 3.63) is 23.8 Å². The zero-order chi connectivity index (χ0) is 17.4. The molecule has 2 aliphatic rings. The molecule has 8 heteroatoms. The van der Waals surface area contributed by atoms with Crippen LogP contribution >= 0.6 is 0 Å². The molecule has 0 spiro atoms. The molecule has 0 radical (unpaired) electrons. The van der Waals surface area contributed by atoms with Crippen molar-refractivity contribution in [2.24, 2.45) is 5.92 Å². The first-order valence-electron chi connectivity index (χ1n) is 7.78. The maximum atomic E-state index is 13.6. The molecule has 1 aromatic carbocycles. The van der Waals surface area contributed by atoms with Crippen molar-refractivity contribution >= 4 is 29.1 Å². The second kappa shape index (κ2) is 6.18. The molecule has 1 unspecified atom stereocenters. The minimum atomic E-state index is -1.09. The van der Waals surface area contributed by atoms with Crippen molar-refractivity contribution in [3.63, 3.8) is 0 Å². The summed E-state index contributed by atoms with van der Waals surface area (Å²) < 4.78 is 26.9. The summed E-state index contributed by atoms with van der Waals surface area (Å²) in [6.45, 7) is 2.26. The van der Waals surface area contributed by atoms with E-state index in [1.807, 2.05) is 0 Å². The Balaban J connectivity index is 1.85. The average molecular weight is 337 g/mol. The predicted octanol–water partition coefficient (Wildman–Crippen LogP) is 1.51. The van der Waals surface area contributed by atoms with Crippen molar-refractivity contribution in [3.8, 4) is 0 Å². The maximum absolute atomic E-state index is 13.6. The molecule has 2 heterocycles. The molecule has 1 fully saturated rings. The lowest BCUT2D eigenvalue weighted by Gasteiger charge is -2.31. The van der Waals surface area contributed by atoms with E-state index in [2.05, 4.69) is 5.32 Å². The van der Waals surface area contributed by atoms with Crippen molar-refractivity contribution in [2.45, 2.75) is 19.8 Å². The van der Waals surface area contributed by atoms with Crippen LogP contribution in [-0.2, 0) is 14.4 Å². The Kier molecular flexibility index (Phi) is 4.21. The van der Waals surface area contributed by atoms with Crippen LogP contribution in [0.1, 0.15) is 19.8 Å². The highest BCUT2D eigenvalue weighted by Gasteiger charge is 2.37. The Morgan fingerprint density at radius 3 is 2.71 bits per heavy atom. The van der Waals surface area contributed by atoms with Crippen LogP contribution in [0.2, 0.25) is 0 Å². The second-order valence-corrected chi connectivity index (χ2v) is 5.93. The van der Waals surface area contributed by atoms with Gasteiger partial charge in [-0.05, 0) is 6.42 Å². The molecule has 1 N–H and O–H groups in total. The number of carbonyl (C=O) groups is 3. The summed E-state index contributed by atoms with van der Waals surface area (Å²) in [5, 5.41) is 2.44. The minimum absolute atomic E-state index is 0.0322. The molecular formula is C16H17F2N3O3. The normalized spacial score (nSPS) is 20.0. The van der Waals surface area contributed by atoms with E-state index < -0.39 is 23.5 Å². The van der Waals surface area contributed by atoms with E-state index in [-0.39, 0.29) is 36.3 Å². The fraction of sp³-hybridized carbons (Fsp3) is 0.438.